The van der Waals surface area contributed by atoms with E-state index in [9.17, 15) is 21.7 Å². The molecule has 0 spiro atoms. The van der Waals surface area contributed by atoms with Crippen LogP contribution < -0.4 is 0 Å². The first-order valence-corrected chi connectivity index (χ1v) is 5.89. The van der Waals surface area contributed by atoms with Crippen LogP contribution in [0.1, 0.15) is 24.8 Å². The smallest absolute Gasteiger partial charge is 0.449 e. The highest BCUT2D eigenvalue weighted by Crippen LogP contribution is 2.83. The van der Waals surface area contributed by atoms with Crippen LogP contribution in [0.25, 0.3) is 0 Å². The average molecular weight is 261 g/mol. The second-order valence-corrected chi connectivity index (χ2v) is 5.84. The van der Waals surface area contributed by atoms with E-state index in [2.05, 4.69) is 0 Å². The van der Waals surface area contributed by atoms with Gasteiger partial charge in [-0.25, -0.2) is 8.78 Å². The van der Waals surface area contributed by atoms with Crippen LogP contribution in [0, 0.1) is 17.0 Å². The quantitative estimate of drug-likeness (QED) is 0.562. The zero-order valence-corrected chi connectivity index (χ0v) is 9.53. The van der Waals surface area contributed by atoms with Gasteiger partial charge in [0.2, 0.25) is 0 Å². The normalized spacial score (nSPS) is 33.8. The average Bonchev–Trinajstić information content (AvgIpc) is 2.09. The van der Waals surface area contributed by atoms with Gasteiger partial charge < -0.3 is 12.9 Å². The summed E-state index contributed by atoms with van der Waals surface area (Å²) in [6, 6.07) is 3.55. The third-order valence-corrected chi connectivity index (χ3v) is 4.49. The Labute approximate surface area is 101 Å². The molecule has 4 rings (SSSR count). The van der Waals surface area contributed by atoms with Crippen molar-refractivity contribution >= 4 is 6.98 Å². The Balaban J connectivity index is 1.75. The summed E-state index contributed by atoms with van der Waals surface area (Å²) in [6.07, 6.45) is 0.200. The summed E-state index contributed by atoms with van der Waals surface area (Å²) in [5, 5.41) is -1.50. The highest BCUT2D eigenvalue weighted by atomic mass is 19.4. The molecule has 18 heavy (non-hydrogen) atoms. The van der Waals surface area contributed by atoms with E-state index >= 15 is 0 Å². The van der Waals surface area contributed by atoms with Crippen LogP contribution >= 0.6 is 0 Å². The van der Waals surface area contributed by atoms with Crippen LogP contribution in [0.4, 0.5) is 21.7 Å². The van der Waals surface area contributed by atoms with Gasteiger partial charge in [-0.3, -0.25) is 0 Å². The lowest BCUT2D eigenvalue weighted by Crippen LogP contribution is -2.65. The van der Waals surface area contributed by atoms with Crippen molar-refractivity contribution in [3.8, 4) is 0 Å². The standard InChI is InChI=1S/C12H11BF5/c14-9-2-1-3-10(15)8(9)4-11-5-12(6-11,7-11)13(16,17)18/h1-3H,4-7H2/q-1. The fourth-order valence-electron chi connectivity index (χ4n) is 3.70. The van der Waals surface area contributed by atoms with Gasteiger partial charge in [0.15, 0.2) is 0 Å². The first kappa shape index (κ1) is 12.0. The molecule has 1 aromatic rings. The van der Waals surface area contributed by atoms with Gasteiger partial charge in [-0.15, -0.1) is 0 Å². The molecule has 0 N–H and O–H groups in total. The Morgan fingerprint density at radius 3 is 1.94 bits per heavy atom. The van der Waals surface area contributed by atoms with E-state index < -0.39 is 29.3 Å². The molecule has 0 aliphatic heterocycles. The Morgan fingerprint density at radius 2 is 1.50 bits per heavy atom. The largest absolute Gasteiger partial charge is 0.484 e. The molecule has 0 nitrogen and oxygen atoms in total. The van der Waals surface area contributed by atoms with Crippen LogP contribution in [-0.2, 0) is 6.42 Å². The minimum atomic E-state index is -4.82. The van der Waals surface area contributed by atoms with Crippen molar-refractivity contribution < 1.29 is 21.7 Å². The molecule has 3 fully saturated rings. The Bertz CT molecular complexity index is 468. The van der Waals surface area contributed by atoms with Gasteiger partial charge in [-0.05, 0) is 24.0 Å². The number of hydrogen-bond donors (Lipinski definition) is 0. The maximum Gasteiger partial charge on any atom is 0.484 e. The molecule has 0 unspecified atom stereocenters. The number of halogens is 5. The molecule has 6 heteroatoms. The minimum Gasteiger partial charge on any atom is -0.449 e. The van der Waals surface area contributed by atoms with Gasteiger partial charge in [0.05, 0.1) is 0 Å². The predicted octanol–water partition coefficient (Wildman–Crippen LogP) is 4.28. The zero-order chi connectivity index (χ0) is 13.2. The first-order chi connectivity index (χ1) is 8.27. The lowest BCUT2D eigenvalue weighted by molar-refractivity contribution is -0.112. The van der Waals surface area contributed by atoms with Gasteiger partial charge in [-0.2, -0.15) is 0 Å². The molecule has 3 aliphatic rings. The maximum absolute atomic E-state index is 13.4. The van der Waals surface area contributed by atoms with Crippen LogP contribution in [0.15, 0.2) is 18.2 Å². The number of benzene rings is 1. The SMILES string of the molecule is Fc1cccc(F)c1CC12CC([B-](F)(F)F)(C1)C2. The Kier molecular flexibility index (Phi) is 2.18. The van der Waals surface area contributed by atoms with Crippen molar-refractivity contribution in [1.82, 2.24) is 0 Å². The van der Waals surface area contributed by atoms with Crippen molar-refractivity contribution in [3.05, 3.63) is 35.4 Å². The second kappa shape index (κ2) is 3.28. The third-order valence-electron chi connectivity index (χ3n) is 4.49. The van der Waals surface area contributed by atoms with E-state index in [4.69, 9.17) is 0 Å². The molecule has 0 amide bonds. The number of rotatable bonds is 3. The fourth-order valence-corrected chi connectivity index (χ4v) is 3.70. The van der Waals surface area contributed by atoms with Gasteiger partial charge in [0, 0.05) is 5.56 Å². The molecule has 0 radical (unpaired) electrons. The van der Waals surface area contributed by atoms with E-state index in [-0.39, 0.29) is 31.2 Å². The summed E-state index contributed by atoms with van der Waals surface area (Å²) in [5.74, 6) is -1.32. The van der Waals surface area contributed by atoms with Crippen molar-refractivity contribution in [1.29, 1.82) is 0 Å². The lowest BCUT2D eigenvalue weighted by atomic mass is 9.23. The molecule has 0 heterocycles. The molecule has 98 valence electrons. The van der Waals surface area contributed by atoms with Crippen molar-refractivity contribution in [2.24, 2.45) is 5.41 Å². The summed E-state index contributed by atoms with van der Waals surface area (Å²) in [7, 11) is 0. The van der Waals surface area contributed by atoms with Crippen molar-refractivity contribution in [2.75, 3.05) is 0 Å². The predicted molar refractivity (Wildman–Crippen MR) is 58.1 cm³/mol. The van der Waals surface area contributed by atoms with E-state index in [0.717, 1.165) is 12.1 Å². The zero-order valence-electron chi connectivity index (χ0n) is 9.53. The summed E-state index contributed by atoms with van der Waals surface area (Å²) in [5.41, 5.74) is -0.583. The van der Waals surface area contributed by atoms with Crippen LogP contribution in [-0.4, -0.2) is 6.98 Å². The highest BCUT2D eigenvalue weighted by Gasteiger charge is 2.73. The highest BCUT2D eigenvalue weighted by molar-refractivity contribution is 6.63. The molecule has 0 saturated heterocycles. The van der Waals surface area contributed by atoms with Gasteiger partial charge >= 0.3 is 6.98 Å². The molecular formula is C12H11BF5-. The second-order valence-electron chi connectivity index (χ2n) is 5.84. The minimum absolute atomic E-state index is 0.0390. The van der Waals surface area contributed by atoms with E-state index in [1.807, 2.05) is 0 Å². The number of hydrogen-bond acceptors (Lipinski definition) is 0. The van der Waals surface area contributed by atoms with Crippen LogP contribution in [0.3, 0.4) is 0 Å². The topological polar surface area (TPSA) is 0 Å². The van der Waals surface area contributed by atoms with E-state index in [0.29, 0.717) is 0 Å². The van der Waals surface area contributed by atoms with Crippen LogP contribution in [0.2, 0.25) is 5.31 Å². The van der Waals surface area contributed by atoms with E-state index in [1.54, 1.807) is 0 Å². The molecule has 3 saturated carbocycles. The monoisotopic (exact) mass is 261 g/mol. The molecule has 0 aromatic heterocycles. The summed E-state index contributed by atoms with van der Waals surface area (Å²) < 4.78 is 65.0. The molecule has 0 atom stereocenters. The molecule has 2 bridgehead atoms. The Morgan fingerprint density at radius 1 is 1.00 bits per heavy atom. The summed E-state index contributed by atoms with van der Waals surface area (Å²) >= 11 is 0. The van der Waals surface area contributed by atoms with Gasteiger partial charge in [0.25, 0.3) is 0 Å². The molecule has 3 aliphatic carbocycles. The summed E-state index contributed by atoms with van der Waals surface area (Å²) in [4.78, 5) is 0. The van der Waals surface area contributed by atoms with Crippen molar-refractivity contribution in [3.63, 3.8) is 0 Å². The Hall–Kier alpha value is -1.07. The van der Waals surface area contributed by atoms with Crippen molar-refractivity contribution in [2.45, 2.75) is 31.0 Å². The first-order valence-electron chi connectivity index (χ1n) is 5.89. The third kappa shape index (κ3) is 1.44. The molecule has 1 aromatic carbocycles. The molecular weight excluding hydrogens is 250 g/mol. The summed E-state index contributed by atoms with van der Waals surface area (Å²) in [6.45, 7) is -4.82. The van der Waals surface area contributed by atoms with Gasteiger partial charge in [0.1, 0.15) is 11.6 Å². The van der Waals surface area contributed by atoms with Gasteiger partial charge in [-0.1, -0.05) is 30.6 Å². The van der Waals surface area contributed by atoms with Crippen LogP contribution in [0.5, 0.6) is 0 Å². The van der Waals surface area contributed by atoms with E-state index in [1.165, 1.54) is 6.07 Å². The maximum atomic E-state index is 13.4. The lowest BCUT2D eigenvalue weighted by Gasteiger charge is -2.75. The fraction of sp³-hybridized carbons (Fsp3) is 0.500.